The van der Waals surface area contributed by atoms with Gasteiger partial charge in [0.1, 0.15) is 10.6 Å². The minimum Gasteiger partial charge on any atom is -0.494 e. The Balaban J connectivity index is 1.86. The first kappa shape index (κ1) is 17.6. The highest BCUT2D eigenvalue weighted by Crippen LogP contribution is 2.33. The van der Waals surface area contributed by atoms with Crippen molar-refractivity contribution in [2.45, 2.75) is 13.5 Å². The Hall–Kier alpha value is -2.77. The summed E-state index contributed by atoms with van der Waals surface area (Å²) in [5.41, 5.74) is 1.38. The van der Waals surface area contributed by atoms with E-state index in [0.29, 0.717) is 43.9 Å². The fraction of sp³-hybridized carbons (Fsp3) is 0.150. The Kier molecular flexibility index (Phi) is 4.63. The normalized spacial score (nSPS) is 12.8. The molecule has 0 atom stereocenters. The zero-order chi connectivity index (χ0) is 19.0. The SMILES string of the molecule is CCOc1ccc2c(c1)=C(c1sc(=S)n(Cc3ccccc3)c1O)C(=O)N=2. The Morgan fingerprint density at radius 2 is 2.00 bits per heavy atom. The molecule has 7 heteroatoms. The van der Waals surface area contributed by atoms with E-state index in [1.807, 2.05) is 37.3 Å². The summed E-state index contributed by atoms with van der Waals surface area (Å²) in [6.07, 6.45) is 0. The number of ether oxygens (including phenoxy) is 1. The molecule has 1 amide bonds. The lowest BCUT2D eigenvalue weighted by atomic mass is 10.1. The number of rotatable bonds is 5. The van der Waals surface area contributed by atoms with Crippen LogP contribution < -0.4 is 15.3 Å². The second kappa shape index (κ2) is 7.09. The van der Waals surface area contributed by atoms with Gasteiger partial charge in [-0.05, 0) is 42.9 Å². The molecule has 4 rings (SSSR count). The molecule has 0 spiro atoms. The topological polar surface area (TPSA) is 63.8 Å². The van der Waals surface area contributed by atoms with Gasteiger partial charge in [-0.2, -0.15) is 0 Å². The lowest BCUT2D eigenvalue weighted by molar-refractivity contribution is -0.112. The Morgan fingerprint density at radius 3 is 2.74 bits per heavy atom. The van der Waals surface area contributed by atoms with Crippen molar-refractivity contribution in [3.63, 3.8) is 0 Å². The predicted molar refractivity (Wildman–Crippen MR) is 106 cm³/mol. The highest BCUT2D eigenvalue weighted by molar-refractivity contribution is 7.73. The van der Waals surface area contributed by atoms with Crippen LogP contribution in [0, 0.1) is 3.95 Å². The number of hydrogen-bond donors (Lipinski definition) is 1. The van der Waals surface area contributed by atoms with E-state index in [9.17, 15) is 9.90 Å². The Bertz CT molecular complexity index is 1210. The van der Waals surface area contributed by atoms with Crippen molar-refractivity contribution in [1.29, 1.82) is 0 Å². The molecule has 5 nitrogen and oxygen atoms in total. The van der Waals surface area contributed by atoms with E-state index in [-0.39, 0.29) is 11.8 Å². The second-order valence-electron chi connectivity index (χ2n) is 6.00. The summed E-state index contributed by atoms with van der Waals surface area (Å²) in [6, 6.07) is 15.0. The van der Waals surface area contributed by atoms with Gasteiger partial charge in [0.25, 0.3) is 5.91 Å². The molecule has 2 aromatic carbocycles. The van der Waals surface area contributed by atoms with E-state index in [0.717, 1.165) is 5.56 Å². The number of carbonyl (C=O) groups excluding carboxylic acids is 1. The van der Waals surface area contributed by atoms with E-state index in [1.54, 1.807) is 22.8 Å². The molecule has 0 bridgehead atoms. The minimum absolute atomic E-state index is 0.0120. The van der Waals surface area contributed by atoms with Gasteiger partial charge in [0.15, 0.2) is 3.95 Å². The summed E-state index contributed by atoms with van der Waals surface area (Å²) in [4.78, 5) is 17.1. The van der Waals surface area contributed by atoms with Gasteiger partial charge in [-0.1, -0.05) is 30.3 Å². The van der Waals surface area contributed by atoms with Gasteiger partial charge in [-0.25, -0.2) is 4.99 Å². The third-order valence-corrected chi connectivity index (χ3v) is 5.72. The molecule has 1 aromatic heterocycles. The van der Waals surface area contributed by atoms with Gasteiger partial charge in [-0.3, -0.25) is 9.36 Å². The number of aromatic hydroxyl groups is 1. The van der Waals surface area contributed by atoms with E-state index in [2.05, 4.69) is 4.99 Å². The molecular formula is C20H16N2O3S2. The van der Waals surface area contributed by atoms with Crippen molar-refractivity contribution in [1.82, 2.24) is 4.57 Å². The van der Waals surface area contributed by atoms with E-state index in [1.165, 1.54) is 11.3 Å². The average molecular weight is 396 g/mol. The summed E-state index contributed by atoms with van der Waals surface area (Å²) in [5.74, 6) is 0.268. The fourth-order valence-corrected chi connectivity index (χ4v) is 4.37. The van der Waals surface area contributed by atoms with Crippen LogP contribution in [-0.2, 0) is 11.3 Å². The second-order valence-corrected chi connectivity index (χ2v) is 7.64. The summed E-state index contributed by atoms with van der Waals surface area (Å²) < 4.78 is 7.67. The smallest absolute Gasteiger partial charge is 0.279 e. The maximum absolute atomic E-state index is 12.5. The lowest BCUT2D eigenvalue weighted by Gasteiger charge is -2.06. The number of fused-ring (bicyclic) bond motifs is 1. The van der Waals surface area contributed by atoms with Gasteiger partial charge in [0, 0.05) is 5.22 Å². The number of carbonyl (C=O) groups is 1. The first-order chi connectivity index (χ1) is 13.1. The van der Waals surface area contributed by atoms with Crippen LogP contribution in [0.4, 0.5) is 0 Å². The maximum Gasteiger partial charge on any atom is 0.279 e. The molecule has 0 saturated heterocycles. The molecule has 0 saturated carbocycles. The average Bonchev–Trinajstić information content (AvgIpc) is 3.12. The van der Waals surface area contributed by atoms with E-state index in [4.69, 9.17) is 17.0 Å². The van der Waals surface area contributed by atoms with E-state index >= 15 is 0 Å². The summed E-state index contributed by atoms with van der Waals surface area (Å²) >= 11 is 6.65. The molecule has 3 aromatic rings. The third kappa shape index (κ3) is 3.20. The van der Waals surface area contributed by atoms with Gasteiger partial charge >= 0.3 is 0 Å². The number of aromatic nitrogens is 1. The number of hydrogen-bond acceptors (Lipinski definition) is 5. The number of benzene rings is 2. The van der Waals surface area contributed by atoms with Crippen LogP contribution in [0.15, 0.2) is 53.5 Å². The Morgan fingerprint density at radius 1 is 1.22 bits per heavy atom. The molecule has 0 aliphatic carbocycles. The van der Waals surface area contributed by atoms with Gasteiger partial charge in [0.2, 0.25) is 5.88 Å². The lowest BCUT2D eigenvalue weighted by Crippen LogP contribution is -2.23. The zero-order valence-corrected chi connectivity index (χ0v) is 16.1. The van der Waals surface area contributed by atoms with Crippen molar-refractivity contribution in [2.75, 3.05) is 6.61 Å². The fourth-order valence-electron chi connectivity index (χ4n) is 3.03. The first-order valence-corrected chi connectivity index (χ1v) is 9.68. The monoisotopic (exact) mass is 396 g/mol. The van der Waals surface area contributed by atoms with Crippen molar-refractivity contribution in [2.24, 2.45) is 4.99 Å². The van der Waals surface area contributed by atoms with Crippen LogP contribution in [0.5, 0.6) is 11.6 Å². The van der Waals surface area contributed by atoms with Crippen molar-refractivity contribution < 1.29 is 14.6 Å². The molecule has 27 heavy (non-hydrogen) atoms. The van der Waals surface area contributed by atoms with Crippen LogP contribution in [0.2, 0.25) is 0 Å². The van der Waals surface area contributed by atoms with Crippen LogP contribution >= 0.6 is 23.6 Å². The molecule has 0 fully saturated rings. The molecule has 1 aliphatic heterocycles. The largest absolute Gasteiger partial charge is 0.494 e. The summed E-state index contributed by atoms with van der Waals surface area (Å²) in [7, 11) is 0. The van der Waals surface area contributed by atoms with Crippen LogP contribution in [-0.4, -0.2) is 22.2 Å². The highest BCUT2D eigenvalue weighted by atomic mass is 32.1. The maximum atomic E-state index is 12.5. The highest BCUT2D eigenvalue weighted by Gasteiger charge is 2.25. The summed E-state index contributed by atoms with van der Waals surface area (Å²) in [5, 5.41) is 12.0. The molecule has 2 heterocycles. The quantitative estimate of drug-likeness (QED) is 0.674. The van der Waals surface area contributed by atoms with Crippen LogP contribution in [0.1, 0.15) is 17.4 Å². The predicted octanol–water partition coefficient (Wildman–Crippen LogP) is 2.79. The van der Waals surface area contributed by atoms with E-state index < -0.39 is 0 Å². The number of thiazole rings is 1. The third-order valence-electron chi connectivity index (χ3n) is 4.26. The molecule has 0 radical (unpaired) electrons. The minimum atomic E-state index is -0.378. The van der Waals surface area contributed by atoms with Crippen molar-refractivity contribution in [3.8, 4) is 11.6 Å². The van der Waals surface area contributed by atoms with Gasteiger partial charge in [-0.15, -0.1) is 11.3 Å². The Labute approximate surface area is 164 Å². The van der Waals surface area contributed by atoms with Gasteiger partial charge < -0.3 is 9.84 Å². The molecule has 1 N–H and O–H groups in total. The molecular weight excluding hydrogens is 380 g/mol. The molecule has 1 aliphatic rings. The van der Waals surface area contributed by atoms with Crippen LogP contribution in [0.3, 0.4) is 0 Å². The van der Waals surface area contributed by atoms with Gasteiger partial charge in [0.05, 0.1) is 24.1 Å². The number of nitrogens with zero attached hydrogens (tertiary/aromatic N) is 2. The van der Waals surface area contributed by atoms with Crippen molar-refractivity contribution in [3.05, 3.63) is 73.5 Å². The van der Waals surface area contributed by atoms with Crippen molar-refractivity contribution >= 4 is 35.0 Å². The zero-order valence-electron chi connectivity index (χ0n) is 14.5. The van der Waals surface area contributed by atoms with Crippen LogP contribution in [0.25, 0.3) is 5.57 Å². The summed E-state index contributed by atoms with van der Waals surface area (Å²) in [6.45, 7) is 2.86. The number of amides is 1. The molecule has 0 unspecified atom stereocenters. The first-order valence-electron chi connectivity index (χ1n) is 8.45. The standard InChI is InChI=1S/C20H16N2O3S2/c1-2-25-13-8-9-15-14(10-13)16(18(23)21-15)17-19(24)22(20(26)27-17)11-12-6-4-3-5-7-12/h3-10,24H,2,11H2,1H3. The molecule has 136 valence electrons.